The number of nitrogens with one attached hydrogen (secondary N) is 1. The number of nitrogens with two attached hydrogens (primary N) is 1. The molecule has 0 bridgehead atoms. The maximum absolute atomic E-state index is 12.2. The molecule has 0 aliphatic heterocycles. The summed E-state index contributed by atoms with van der Waals surface area (Å²) in [6, 6.07) is 13.3. The fourth-order valence-corrected chi connectivity index (χ4v) is 3.19. The molecule has 0 saturated carbocycles. The molecular formula is C15H16N2O3S. The fraction of sp³-hybridized carbons (Fsp3) is 0.133. The van der Waals surface area contributed by atoms with Crippen molar-refractivity contribution >= 4 is 27.1 Å². The van der Waals surface area contributed by atoms with Gasteiger partial charge in [-0.2, -0.15) is 0 Å². The van der Waals surface area contributed by atoms with E-state index >= 15 is 0 Å². The Bertz CT molecular complexity index is 756. The van der Waals surface area contributed by atoms with Crippen LogP contribution in [0.25, 0.3) is 0 Å². The predicted octanol–water partition coefficient (Wildman–Crippen LogP) is 1.99. The lowest BCUT2D eigenvalue weighted by molar-refractivity contribution is -0.113. The van der Waals surface area contributed by atoms with E-state index in [9.17, 15) is 13.2 Å². The van der Waals surface area contributed by atoms with Crippen molar-refractivity contribution < 1.29 is 13.2 Å². The molecule has 0 aliphatic rings. The number of nitrogen functional groups attached to an aromatic ring is 1. The summed E-state index contributed by atoms with van der Waals surface area (Å²) < 4.78 is 24.4. The first-order valence-electron chi connectivity index (χ1n) is 6.32. The average Bonchev–Trinajstić information content (AvgIpc) is 2.38. The number of aryl methyl sites for hydroxylation is 1. The molecule has 0 atom stereocenters. The molecule has 0 heterocycles. The number of para-hydroxylation sites is 1. The van der Waals surface area contributed by atoms with E-state index in [-0.39, 0.29) is 10.6 Å². The Labute approximate surface area is 123 Å². The van der Waals surface area contributed by atoms with Crippen LogP contribution in [0, 0.1) is 6.92 Å². The maximum atomic E-state index is 12.2. The largest absolute Gasteiger partial charge is 0.398 e. The minimum atomic E-state index is -3.76. The quantitative estimate of drug-likeness (QED) is 0.845. The summed E-state index contributed by atoms with van der Waals surface area (Å²) in [6.45, 7) is 1.81. The zero-order valence-electron chi connectivity index (χ0n) is 11.5. The van der Waals surface area contributed by atoms with Crippen molar-refractivity contribution in [2.75, 3.05) is 16.8 Å². The number of carbonyl (C=O) groups is 1. The second kappa shape index (κ2) is 5.97. The van der Waals surface area contributed by atoms with Crippen molar-refractivity contribution in [3.8, 4) is 0 Å². The normalized spacial score (nSPS) is 11.1. The van der Waals surface area contributed by atoms with Gasteiger partial charge in [-0.1, -0.05) is 24.3 Å². The average molecular weight is 304 g/mol. The molecule has 0 fully saturated rings. The highest BCUT2D eigenvalue weighted by Gasteiger charge is 2.21. The van der Waals surface area contributed by atoms with E-state index in [0.717, 1.165) is 5.56 Å². The van der Waals surface area contributed by atoms with Gasteiger partial charge in [-0.05, 0) is 36.8 Å². The molecule has 0 aliphatic carbocycles. The number of sulfone groups is 1. The van der Waals surface area contributed by atoms with Crippen LogP contribution in [-0.2, 0) is 14.6 Å². The first-order chi connectivity index (χ1) is 9.88. The lowest BCUT2D eigenvalue weighted by Gasteiger charge is -2.09. The summed E-state index contributed by atoms with van der Waals surface area (Å²) >= 11 is 0. The van der Waals surface area contributed by atoms with E-state index in [4.69, 9.17) is 5.73 Å². The number of carbonyl (C=O) groups excluding carboxylic acids is 1. The number of benzene rings is 2. The van der Waals surface area contributed by atoms with Crippen molar-refractivity contribution in [3.05, 3.63) is 54.1 Å². The zero-order valence-corrected chi connectivity index (χ0v) is 12.4. The predicted molar refractivity (Wildman–Crippen MR) is 82.7 cm³/mol. The fourth-order valence-electron chi connectivity index (χ4n) is 1.92. The Kier molecular flexibility index (Phi) is 4.28. The van der Waals surface area contributed by atoms with Crippen LogP contribution < -0.4 is 11.1 Å². The van der Waals surface area contributed by atoms with Gasteiger partial charge in [-0.15, -0.1) is 0 Å². The van der Waals surface area contributed by atoms with E-state index in [1.165, 1.54) is 6.07 Å². The zero-order chi connectivity index (χ0) is 15.5. The molecule has 6 heteroatoms. The van der Waals surface area contributed by atoms with Crippen molar-refractivity contribution in [3.63, 3.8) is 0 Å². The van der Waals surface area contributed by atoms with Crippen LogP contribution >= 0.6 is 0 Å². The van der Waals surface area contributed by atoms with E-state index in [1.807, 2.05) is 6.92 Å². The SMILES string of the molecule is Cc1ccc(S(=O)(=O)CC(=O)Nc2ccccc2)c(N)c1. The van der Waals surface area contributed by atoms with E-state index in [0.29, 0.717) is 5.69 Å². The minimum Gasteiger partial charge on any atom is -0.398 e. The smallest absolute Gasteiger partial charge is 0.239 e. The van der Waals surface area contributed by atoms with Crippen LogP contribution in [-0.4, -0.2) is 20.1 Å². The molecule has 1 amide bonds. The molecule has 5 nitrogen and oxygen atoms in total. The van der Waals surface area contributed by atoms with Crippen molar-refractivity contribution in [2.45, 2.75) is 11.8 Å². The van der Waals surface area contributed by atoms with Gasteiger partial charge in [-0.3, -0.25) is 4.79 Å². The van der Waals surface area contributed by atoms with Gasteiger partial charge in [0.25, 0.3) is 0 Å². The number of hydrogen-bond acceptors (Lipinski definition) is 4. The van der Waals surface area contributed by atoms with E-state index < -0.39 is 21.5 Å². The Balaban J connectivity index is 2.16. The molecule has 0 radical (unpaired) electrons. The molecule has 110 valence electrons. The van der Waals surface area contributed by atoms with Crippen LogP contribution in [0.15, 0.2) is 53.4 Å². The third-order valence-electron chi connectivity index (χ3n) is 2.88. The summed E-state index contributed by atoms with van der Waals surface area (Å²) in [5.41, 5.74) is 7.29. The number of anilines is 2. The van der Waals surface area contributed by atoms with Crippen LogP contribution in [0.2, 0.25) is 0 Å². The second-order valence-electron chi connectivity index (χ2n) is 4.71. The number of amides is 1. The van der Waals surface area contributed by atoms with Crippen LogP contribution in [0.5, 0.6) is 0 Å². The van der Waals surface area contributed by atoms with Gasteiger partial charge >= 0.3 is 0 Å². The summed E-state index contributed by atoms with van der Waals surface area (Å²) in [6.07, 6.45) is 0. The Morgan fingerprint density at radius 3 is 2.43 bits per heavy atom. The first-order valence-corrected chi connectivity index (χ1v) is 7.97. The third-order valence-corrected chi connectivity index (χ3v) is 4.56. The van der Waals surface area contributed by atoms with Gasteiger partial charge in [0.05, 0.1) is 10.6 Å². The molecule has 3 N–H and O–H groups in total. The minimum absolute atomic E-state index is 0.0173. The lowest BCUT2D eigenvalue weighted by atomic mass is 10.2. The molecular weight excluding hydrogens is 288 g/mol. The summed E-state index contributed by atoms with van der Waals surface area (Å²) in [7, 11) is -3.76. The monoisotopic (exact) mass is 304 g/mol. The van der Waals surface area contributed by atoms with E-state index in [2.05, 4.69) is 5.32 Å². The van der Waals surface area contributed by atoms with Gasteiger partial charge in [0.2, 0.25) is 5.91 Å². The molecule has 0 saturated heterocycles. The summed E-state index contributed by atoms with van der Waals surface area (Å²) in [5.74, 6) is -1.24. The standard InChI is InChI=1S/C15H16N2O3S/c1-11-7-8-14(13(16)9-11)21(19,20)10-15(18)17-12-5-3-2-4-6-12/h2-9H,10,16H2,1H3,(H,17,18). The van der Waals surface area contributed by atoms with Gasteiger partial charge < -0.3 is 11.1 Å². The Morgan fingerprint density at radius 1 is 1.14 bits per heavy atom. The summed E-state index contributed by atoms with van der Waals surface area (Å²) in [5, 5.41) is 2.54. The third kappa shape index (κ3) is 3.82. The van der Waals surface area contributed by atoms with Crippen LogP contribution in [0.1, 0.15) is 5.56 Å². The van der Waals surface area contributed by atoms with Crippen molar-refractivity contribution in [2.24, 2.45) is 0 Å². The van der Waals surface area contributed by atoms with Gasteiger partial charge in [0.1, 0.15) is 5.75 Å². The highest BCUT2D eigenvalue weighted by Crippen LogP contribution is 2.21. The van der Waals surface area contributed by atoms with Crippen LogP contribution in [0.4, 0.5) is 11.4 Å². The van der Waals surface area contributed by atoms with Gasteiger partial charge in [-0.25, -0.2) is 8.42 Å². The second-order valence-corrected chi connectivity index (χ2v) is 6.67. The van der Waals surface area contributed by atoms with Crippen molar-refractivity contribution in [1.82, 2.24) is 0 Å². The Hall–Kier alpha value is -2.34. The molecule has 2 rings (SSSR count). The highest BCUT2D eigenvalue weighted by molar-refractivity contribution is 7.92. The van der Waals surface area contributed by atoms with E-state index in [1.54, 1.807) is 42.5 Å². The first kappa shape index (κ1) is 15.1. The summed E-state index contributed by atoms with van der Waals surface area (Å²) in [4.78, 5) is 11.8. The maximum Gasteiger partial charge on any atom is 0.239 e. The number of rotatable bonds is 4. The van der Waals surface area contributed by atoms with Crippen molar-refractivity contribution in [1.29, 1.82) is 0 Å². The topological polar surface area (TPSA) is 89.3 Å². The number of hydrogen-bond donors (Lipinski definition) is 2. The molecule has 0 aromatic heterocycles. The molecule has 21 heavy (non-hydrogen) atoms. The Morgan fingerprint density at radius 2 is 1.81 bits per heavy atom. The van der Waals surface area contributed by atoms with Crippen LogP contribution in [0.3, 0.4) is 0 Å². The molecule has 0 spiro atoms. The van der Waals surface area contributed by atoms with Gasteiger partial charge in [0.15, 0.2) is 9.84 Å². The van der Waals surface area contributed by atoms with Gasteiger partial charge in [0, 0.05) is 5.69 Å². The molecule has 2 aromatic carbocycles. The molecule has 0 unspecified atom stereocenters. The molecule has 2 aromatic rings. The lowest BCUT2D eigenvalue weighted by Crippen LogP contribution is -2.23. The highest BCUT2D eigenvalue weighted by atomic mass is 32.2.